The molecule has 0 aromatic carbocycles. The van der Waals surface area contributed by atoms with Crippen LogP contribution in [0.1, 0.15) is 73.6 Å². The first kappa shape index (κ1) is 22.6. The van der Waals surface area contributed by atoms with Gasteiger partial charge in [-0.25, -0.2) is 0 Å². The molecule has 1 aliphatic carbocycles. The Morgan fingerprint density at radius 1 is 1.08 bits per heavy atom. The number of aliphatic hydroxyl groups is 2. The van der Waals surface area contributed by atoms with Crippen LogP contribution in [0.5, 0.6) is 0 Å². The van der Waals surface area contributed by atoms with Crippen LogP contribution in [0.25, 0.3) is 0 Å². The van der Waals surface area contributed by atoms with Gasteiger partial charge in [-0.2, -0.15) is 0 Å². The largest absolute Gasteiger partial charge is 0.508 e. The Hall–Kier alpha value is -1.49. The van der Waals surface area contributed by atoms with Crippen LogP contribution >= 0.6 is 0 Å². The second-order valence-electron chi connectivity index (χ2n) is 8.44. The highest BCUT2D eigenvalue weighted by Crippen LogP contribution is 2.38. The van der Waals surface area contributed by atoms with Crippen LogP contribution in [-0.4, -0.2) is 33.2 Å². The summed E-state index contributed by atoms with van der Waals surface area (Å²) in [5.41, 5.74) is -2.50. The standard InChI is InChI=1S/C21H34O5/c1-7-14(6)17(22)16-18(23)15(9-8-12(2)3)19(24)21(26,20(16)25)11-10-13(4)5/h12-15,25-26H,7-11H2,1-6H3/t14?,15-,21+/m0/s1. The third kappa shape index (κ3) is 4.61. The number of rotatable bonds is 9. The van der Waals surface area contributed by atoms with E-state index in [4.69, 9.17) is 0 Å². The Bertz CT molecular complexity index is 587. The summed E-state index contributed by atoms with van der Waals surface area (Å²) in [5, 5.41) is 21.6. The van der Waals surface area contributed by atoms with E-state index in [1.807, 2.05) is 34.6 Å². The summed E-state index contributed by atoms with van der Waals surface area (Å²) in [5.74, 6) is -3.54. The Morgan fingerprint density at radius 3 is 2.08 bits per heavy atom. The molecule has 0 saturated heterocycles. The van der Waals surface area contributed by atoms with Crippen LogP contribution in [-0.2, 0) is 14.4 Å². The second kappa shape index (κ2) is 8.94. The average molecular weight is 366 g/mol. The maximum absolute atomic E-state index is 12.9. The van der Waals surface area contributed by atoms with Crippen molar-refractivity contribution < 1.29 is 24.6 Å². The maximum atomic E-state index is 12.9. The molecule has 0 amide bonds. The summed E-state index contributed by atoms with van der Waals surface area (Å²) in [4.78, 5) is 38.5. The van der Waals surface area contributed by atoms with E-state index >= 15 is 0 Å². The molecule has 0 bridgehead atoms. The first-order chi connectivity index (χ1) is 12.0. The number of carbonyl (C=O) groups excluding carboxylic acids is 3. The Kier molecular flexibility index (Phi) is 7.75. The molecule has 26 heavy (non-hydrogen) atoms. The number of aliphatic hydroxyl groups excluding tert-OH is 1. The van der Waals surface area contributed by atoms with Gasteiger partial charge in [0, 0.05) is 5.92 Å². The van der Waals surface area contributed by atoms with Crippen LogP contribution in [0.4, 0.5) is 0 Å². The summed E-state index contributed by atoms with van der Waals surface area (Å²) in [6, 6.07) is 0. The molecule has 5 nitrogen and oxygen atoms in total. The predicted octanol–water partition coefficient (Wildman–Crippen LogP) is 3.79. The molecule has 0 heterocycles. The highest BCUT2D eigenvalue weighted by atomic mass is 16.3. The lowest BCUT2D eigenvalue weighted by Crippen LogP contribution is -2.53. The summed E-state index contributed by atoms with van der Waals surface area (Å²) in [6.45, 7) is 11.4. The van der Waals surface area contributed by atoms with Crippen molar-refractivity contribution in [3.05, 3.63) is 11.3 Å². The van der Waals surface area contributed by atoms with E-state index in [2.05, 4.69) is 0 Å². The molecule has 3 atom stereocenters. The summed E-state index contributed by atoms with van der Waals surface area (Å²) in [6.07, 6.45) is 1.94. The molecule has 148 valence electrons. The van der Waals surface area contributed by atoms with Gasteiger partial charge in [-0.05, 0) is 43.9 Å². The highest BCUT2D eigenvalue weighted by molar-refractivity contribution is 6.29. The van der Waals surface area contributed by atoms with Crippen LogP contribution in [0.2, 0.25) is 0 Å². The molecule has 0 saturated carbocycles. The van der Waals surface area contributed by atoms with Crippen molar-refractivity contribution in [3.63, 3.8) is 0 Å². The van der Waals surface area contributed by atoms with Gasteiger partial charge in [-0.15, -0.1) is 0 Å². The van der Waals surface area contributed by atoms with Crippen molar-refractivity contribution in [2.45, 2.75) is 79.2 Å². The second-order valence-corrected chi connectivity index (χ2v) is 8.44. The molecular weight excluding hydrogens is 332 g/mol. The van der Waals surface area contributed by atoms with E-state index in [0.29, 0.717) is 19.3 Å². The van der Waals surface area contributed by atoms with Gasteiger partial charge < -0.3 is 10.2 Å². The molecule has 0 spiro atoms. The van der Waals surface area contributed by atoms with E-state index in [9.17, 15) is 24.6 Å². The fourth-order valence-electron chi connectivity index (χ4n) is 3.19. The van der Waals surface area contributed by atoms with Gasteiger partial charge in [-0.3, -0.25) is 14.4 Å². The van der Waals surface area contributed by atoms with E-state index in [0.717, 1.165) is 0 Å². The summed E-state index contributed by atoms with van der Waals surface area (Å²) >= 11 is 0. The quantitative estimate of drug-likeness (QED) is 0.478. The average Bonchev–Trinajstić information content (AvgIpc) is 2.57. The van der Waals surface area contributed by atoms with Gasteiger partial charge >= 0.3 is 0 Å². The van der Waals surface area contributed by atoms with E-state index in [1.165, 1.54) is 0 Å². The lowest BCUT2D eigenvalue weighted by molar-refractivity contribution is -0.149. The first-order valence-electron chi connectivity index (χ1n) is 9.76. The molecule has 1 aliphatic rings. The van der Waals surface area contributed by atoms with Gasteiger partial charge in [0.2, 0.25) is 0 Å². The Balaban J connectivity index is 3.41. The highest BCUT2D eigenvalue weighted by Gasteiger charge is 2.54. The number of Topliss-reactive ketones (excluding diaryl/α,β-unsaturated/α-hetero) is 3. The maximum Gasteiger partial charge on any atom is 0.182 e. The monoisotopic (exact) mass is 366 g/mol. The Morgan fingerprint density at radius 2 is 1.62 bits per heavy atom. The topological polar surface area (TPSA) is 91.7 Å². The van der Waals surface area contributed by atoms with Crippen molar-refractivity contribution >= 4 is 17.3 Å². The third-order valence-corrected chi connectivity index (χ3v) is 5.34. The van der Waals surface area contributed by atoms with Crippen molar-refractivity contribution in [2.75, 3.05) is 0 Å². The smallest absolute Gasteiger partial charge is 0.182 e. The van der Waals surface area contributed by atoms with Gasteiger partial charge in [0.25, 0.3) is 0 Å². The lowest BCUT2D eigenvalue weighted by atomic mass is 9.69. The van der Waals surface area contributed by atoms with E-state index < -0.39 is 40.5 Å². The minimum atomic E-state index is -2.14. The molecule has 0 aliphatic heterocycles. The lowest BCUT2D eigenvalue weighted by Gasteiger charge is -2.36. The summed E-state index contributed by atoms with van der Waals surface area (Å²) < 4.78 is 0. The van der Waals surface area contributed by atoms with Gasteiger partial charge in [0.05, 0.1) is 5.92 Å². The summed E-state index contributed by atoms with van der Waals surface area (Å²) in [7, 11) is 0. The van der Waals surface area contributed by atoms with Crippen molar-refractivity contribution in [1.29, 1.82) is 0 Å². The molecule has 0 radical (unpaired) electrons. The predicted molar refractivity (Wildman–Crippen MR) is 101 cm³/mol. The fraction of sp³-hybridized carbons (Fsp3) is 0.762. The van der Waals surface area contributed by atoms with E-state index in [1.54, 1.807) is 6.92 Å². The number of hydrogen-bond donors (Lipinski definition) is 2. The van der Waals surface area contributed by atoms with Crippen molar-refractivity contribution in [3.8, 4) is 0 Å². The number of allylic oxidation sites excluding steroid dienone is 1. The molecule has 1 rings (SSSR count). The molecule has 2 N–H and O–H groups in total. The van der Waals surface area contributed by atoms with Gasteiger partial charge in [0.15, 0.2) is 23.0 Å². The van der Waals surface area contributed by atoms with Crippen LogP contribution < -0.4 is 0 Å². The van der Waals surface area contributed by atoms with Gasteiger partial charge in [0.1, 0.15) is 11.3 Å². The van der Waals surface area contributed by atoms with Crippen molar-refractivity contribution in [1.82, 2.24) is 0 Å². The van der Waals surface area contributed by atoms with Crippen LogP contribution in [0.15, 0.2) is 11.3 Å². The van der Waals surface area contributed by atoms with Crippen molar-refractivity contribution in [2.24, 2.45) is 23.7 Å². The first-order valence-corrected chi connectivity index (χ1v) is 9.76. The third-order valence-electron chi connectivity index (χ3n) is 5.34. The van der Waals surface area contributed by atoms with Crippen LogP contribution in [0, 0.1) is 23.7 Å². The van der Waals surface area contributed by atoms with Gasteiger partial charge in [-0.1, -0.05) is 41.5 Å². The Labute approximate surface area is 156 Å². The van der Waals surface area contributed by atoms with E-state index in [-0.39, 0.29) is 30.3 Å². The number of carbonyl (C=O) groups is 3. The minimum absolute atomic E-state index is 0.0120. The zero-order valence-corrected chi connectivity index (χ0v) is 17.0. The fourth-order valence-corrected chi connectivity index (χ4v) is 3.19. The van der Waals surface area contributed by atoms with Crippen LogP contribution in [0.3, 0.4) is 0 Å². The molecule has 0 fully saturated rings. The minimum Gasteiger partial charge on any atom is -0.508 e. The molecule has 0 aromatic heterocycles. The number of hydrogen-bond acceptors (Lipinski definition) is 5. The SMILES string of the molecule is CCC(C)C(=O)C1=C(O)[C@@](O)(CCC(C)C)C(=O)[C@@H](CCC(C)C)C1=O. The normalized spacial score (nSPS) is 25.3. The number of ketones is 3. The molecule has 0 aromatic rings. The zero-order chi connectivity index (χ0) is 20.2. The molecular formula is C21H34O5. The molecule has 1 unspecified atom stereocenters. The molecule has 5 heteroatoms. The zero-order valence-electron chi connectivity index (χ0n) is 17.0.